The minimum Gasteiger partial charge on any atom is -0.234 e. The summed E-state index contributed by atoms with van der Waals surface area (Å²) in [6.45, 7) is 1.41. The van der Waals surface area contributed by atoms with Gasteiger partial charge in [0.25, 0.3) is 0 Å². The maximum absolute atomic E-state index is 13.1. The van der Waals surface area contributed by atoms with Gasteiger partial charge in [0.1, 0.15) is 0 Å². The average molecular weight is 206 g/mol. The summed E-state index contributed by atoms with van der Waals surface area (Å²) in [5.74, 6) is -1.25. The Labute approximate surface area is 77.7 Å². The Morgan fingerprint density at radius 3 is 2.92 bits per heavy atom. The molecule has 1 heterocycles. The van der Waals surface area contributed by atoms with E-state index in [1.54, 1.807) is 5.43 Å². The number of hydrogen-bond acceptors (Lipinski definition) is 3. The standard InChI is InChI=1S/C6H5ClFN3O2/c1-3-4(7)2-9-6(5(3)8)10-11(12)13/h2H,1H3,(H,9,10). The number of nitro groups is 1. The molecule has 1 N–H and O–H groups in total. The van der Waals surface area contributed by atoms with E-state index in [1.807, 2.05) is 0 Å². The van der Waals surface area contributed by atoms with Crippen molar-refractivity contribution in [3.8, 4) is 0 Å². The second-order valence-electron chi connectivity index (χ2n) is 2.26. The Kier molecular flexibility index (Phi) is 2.62. The fourth-order valence-electron chi connectivity index (χ4n) is 0.722. The van der Waals surface area contributed by atoms with Gasteiger partial charge in [-0.1, -0.05) is 17.0 Å². The molecule has 0 radical (unpaired) electrons. The molecule has 0 saturated heterocycles. The number of hydrazine groups is 1. The van der Waals surface area contributed by atoms with Gasteiger partial charge in [-0.15, -0.1) is 0 Å². The Morgan fingerprint density at radius 1 is 1.77 bits per heavy atom. The van der Waals surface area contributed by atoms with Crippen LogP contribution in [-0.4, -0.2) is 10.0 Å². The Morgan fingerprint density at radius 2 is 2.38 bits per heavy atom. The zero-order valence-electron chi connectivity index (χ0n) is 6.54. The highest BCUT2D eigenvalue weighted by atomic mass is 35.5. The molecule has 0 amide bonds. The van der Waals surface area contributed by atoms with Gasteiger partial charge in [-0.05, 0) is 6.92 Å². The van der Waals surface area contributed by atoms with Crippen molar-refractivity contribution < 1.29 is 9.42 Å². The van der Waals surface area contributed by atoms with E-state index in [9.17, 15) is 14.5 Å². The van der Waals surface area contributed by atoms with Crippen molar-refractivity contribution in [1.29, 1.82) is 0 Å². The predicted molar refractivity (Wildman–Crippen MR) is 44.6 cm³/mol. The van der Waals surface area contributed by atoms with E-state index in [0.29, 0.717) is 0 Å². The number of anilines is 1. The van der Waals surface area contributed by atoms with Crippen LogP contribution in [0, 0.1) is 22.9 Å². The van der Waals surface area contributed by atoms with Crippen molar-refractivity contribution in [2.24, 2.45) is 0 Å². The van der Waals surface area contributed by atoms with Crippen molar-refractivity contribution in [2.45, 2.75) is 6.92 Å². The van der Waals surface area contributed by atoms with Crippen LogP contribution in [0.25, 0.3) is 0 Å². The highest BCUT2D eigenvalue weighted by molar-refractivity contribution is 6.31. The van der Waals surface area contributed by atoms with Crippen LogP contribution >= 0.6 is 11.6 Å². The van der Waals surface area contributed by atoms with E-state index in [2.05, 4.69) is 4.98 Å². The topological polar surface area (TPSA) is 68.1 Å². The third-order valence-corrected chi connectivity index (χ3v) is 1.78. The number of nitrogens with one attached hydrogen (secondary N) is 1. The minimum atomic E-state index is -0.890. The summed E-state index contributed by atoms with van der Waals surface area (Å²) in [6.07, 6.45) is 1.14. The lowest BCUT2D eigenvalue weighted by Gasteiger charge is -2.02. The fraction of sp³-hybridized carbons (Fsp3) is 0.167. The van der Waals surface area contributed by atoms with E-state index in [0.717, 1.165) is 6.20 Å². The molecule has 0 aliphatic carbocycles. The molecule has 13 heavy (non-hydrogen) atoms. The van der Waals surface area contributed by atoms with Crippen LogP contribution in [0.3, 0.4) is 0 Å². The van der Waals surface area contributed by atoms with Crippen molar-refractivity contribution in [1.82, 2.24) is 4.98 Å². The molecule has 1 rings (SSSR count). The molecule has 0 aliphatic heterocycles. The Hall–Kier alpha value is -1.43. The minimum absolute atomic E-state index is 0.126. The molecule has 0 unspecified atom stereocenters. The van der Waals surface area contributed by atoms with Gasteiger partial charge in [0.15, 0.2) is 10.8 Å². The number of halogens is 2. The maximum atomic E-state index is 13.1. The van der Waals surface area contributed by atoms with Crippen LogP contribution < -0.4 is 5.43 Å². The molecule has 0 bridgehead atoms. The number of pyridine rings is 1. The van der Waals surface area contributed by atoms with Crippen LogP contribution in [0.4, 0.5) is 10.2 Å². The lowest BCUT2D eigenvalue weighted by molar-refractivity contribution is -0.445. The number of rotatable bonds is 2. The molecule has 7 heteroatoms. The van der Waals surface area contributed by atoms with E-state index >= 15 is 0 Å². The zero-order chi connectivity index (χ0) is 10.0. The molecule has 0 aromatic carbocycles. The lowest BCUT2D eigenvalue weighted by atomic mass is 10.3. The third kappa shape index (κ3) is 2.03. The molecular formula is C6H5ClFN3O2. The van der Waals surface area contributed by atoms with E-state index in [-0.39, 0.29) is 10.6 Å². The van der Waals surface area contributed by atoms with E-state index in [1.165, 1.54) is 6.92 Å². The first-order chi connectivity index (χ1) is 6.02. The summed E-state index contributed by atoms with van der Waals surface area (Å²) < 4.78 is 13.1. The van der Waals surface area contributed by atoms with Gasteiger partial charge in [-0.25, -0.2) is 19.5 Å². The first-order valence-corrected chi connectivity index (χ1v) is 3.62. The first-order valence-electron chi connectivity index (χ1n) is 3.24. The molecule has 1 aromatic heterocycles. The number of nitrogens with zero attached hydrogens (tertiary/aromatic N) is 2. The second-order valence-corrected chi connectivity index (χ2v) is 2.67. The van der Waals surface area contributed by atoms with Gasteiger partial charge in [-0.3, -0.25) is 0 Å². The first kappa shape index (κ1) is 9.66. The predicted octanol–water partition coefficient (Wildman–Crippen LogP) is 1.79. The fourth-order valence-corrected chi connectivity index (χ4v) is 0.853. The third-order valence-electron chi connectivity index (χ3n) is 1.40. The summed E-state index contributed by atoms with van der Waals surface area (Å²) >= 11 is 5.52. The highest BCUT2D eigenvalue weighted by Gasteiger charge is 2.13. The molecule has 5 nitrogen and oxygen atoms in total. The summed E-state index contributed by atoms with van der Waals surface area (Å²) in [5, 5.41) is 9.21. The largest absolute Gasteiger partial charge is 0.234 e. The summed E-state index contributed by atoms with van der Waals surface area (Å²) in [5.41, 5.74) is 1.74. The normalized spacial score (nSPS) is 9.77. The molecule has 0 saturated carbocycles. The van der Waals surface area contributed by atoms with Crippen LogP contribution in [-0.2, 0) is 0 Å². The van der Waals surface area contributed by atoms with Gasteiger partial charge in [0.05, 0.1) is 5.02 Å². The summed E-state index contributed by atoms with van der Waals surface area (Å²) in [7, 11) is 0. The van der Waals surface area contributed by atoms with Crippen LogP contribution in [0.5, 0.6) is 0 Å². The molecule has 0 spiro atoms. The smallest absolute Gasteiger partial charge is 0.227 e. The van der Waals surface area contributed by atoms with Gasteiger partial charge >= 0.3 is 0 Å². The highest BCUT2D eigenvalue weighted by Crippen LogP contribution is 2.21. The van der Waals surface area contributed by atoms with Gasteiger partial charge in [0, 0.05) is 11.8 Å². The molecule has 70 valence electrons. The molecule has 0 fully saturated rings. The number of aromatic nitrogens is 1. The molecule has 0 atom stereocenters. The van der Waals surface area contributed by atoms with Crippen molar-refractivity contribution in [3.63, 3.8) is 0 Å². The Balaban J connectivity index is 3.10. The van der Waals surface area contributed by atoms with E-state index < -0.39 is 16.7 Å². The second kappa shape index (κ2) is 3.53. The van der Waals surface area contributed by atoms with Gasteiger partial charge in [-0.2, -0.15) is 0 Å². The maximum Gasteiger partial charge on any atom is 0.227 e. The lowest BCUT2D eigenvalue weighted by Crippen LogP contribution is -2.11. The van der Waals surface area contributed by atoms with Crippen LogP contribution in [0.1, 0.15) is 5.56 Å². The van der Waals surface area contributed by atoms with Gasteiger partial charge < -0.3 is 0 Å². The quantitative estimate of drug-likeness (QED) is 0.590. The van der Waals surface area contributed by atoms with Gasteiger partial charge in [0.2, 0.25) is 5.82 Å². The molecular weight excluding hydrogens is 201 g/mol. The molecule has 1 aromatic rings. The van der Waals surface area contributed by atoms with Crippen molar-refractivity contribution in [2.75, 3.05) is 5.43 Å². The molecule has 0 aliphatic rings. The average Bonchev–Trinajstić information content (AvgIpc) is 2.06. The Bertz CT molecular complexity index is 358. The van der Waals surface area contributed by atoms with E-state index in [4.69, 9.17) is 11.6 Å². The van der Waals surface area contributed by atoms with Crippen molar-refractivity contribution >= 4 is 17.4 Å². The monoisotopic (exact) mass is 205 g/mol. The number of hydrogen-bond donors (Lipinski definition) is 1. The SMILES string of the molecule is Cc1c(Cl)cnc(N[N+](=O)[O-])c1F. The van der Waals surface area contributed by atoms with Crippen LogP contribution in [0.15, 0.2) is 6.20 Å². The summed E-state index contributed by atoms with van der Waals surface area (Å²) in [6, 6.07) is 0. The van der Waals surface area contributed by atoms with Crippen molar-refractivity contribution in [3.05, 3.63) is 32.7 Å². The zero-order valence-corrected chi connectivity index (χ0v) is 7.30. The summed E-state index contributed by atoms with van der Waals surface area (Å²) in [4.78, 5) is 13.4. The van der Waals surface area contributed by atoms with Crippen LogP contribution in [0.2, 0.25) is 5.02 Å².